The molecule has 1 unspecified atom stereocenters. The Bertz CT molecular complexity index is 1350. The number of pyridine rings is 1. The number of aromatic nitrogens is 3. The Morgan fingerprint density at radius 1 is 1.12 bits per heavy atom. The number of anilines is 1. The number of nitrogens with zero attached hydrogens (tertiary/aromatic N) is 4. The SMILES string of the molecule is CCCCc1nc2c(N)nc3ccccc3c2n1CCCCN[C@H](O)[C@H]1CC[C@H](CN2C(=O)CC(S)C2=O)CC1. The highest BCUT2D eigenvalue weighted by Crippen LogP contribution is 2.33. The molecule has 1 aliphatic carbocycles. The molecule has 0 spiro atoms. The Hall–Kier alpha value is -2.69. The number of fused-ring (bicyclic) bond motifs is 3. The molecule has 3 aromatic rings. The Labute approximate surface area is 241 Å². The first-order valence-corrected chi connectivity index (χ1v) is 15.4. The number of nitrogens with two attached hydrogens (primary N) is 1. The standard InChI is InChI=1S/C30H42N6O3S/c1-2-3-10-24-34-26-27(21-8-4-5-9-22(21)33-28(26)31)35(24)16-7-6-15-32-29(38)20-13-11-19(12-14-20)18-36-25(37)17-23(40)30(36)39/h4-5,8-9,19-20,23,29,32,38,40H,2-3,6-7,10-18H2,1H3,(H2,31,33)/t19-,20-,23?,29-/m1/s1. The second-order valence-corrected chi connectivity index (χ2v) is 12.1. The van der Waals surface area contributed by atoms with E-state index in [4.69, 9.17) is 10.7 Å². The number of aliphatic hydroxyl groups excluding tert-OH is 1. The number of carbonyl (C=O) groups excluding carboxylic acids is 2. The number of carbonyl (C=O) groups is 2. The summed E-state index contributed by atoms with van der Waals surface area (Å²) in [6, 6.07) is 8.10. The van der Waals surface area contributed by atoms with Crippen molar-refractivity contribution in [2.75, 3.05) is 18.8 Å². The molecule has 2 fully saturated rings. The molecule has 2 aromatic heterocycles. The number of nitrogens with one attached hydrogen (secondary N) is 1. The number of hydrogen-bond acceptors (Lipinski definition) is 8. The molecule has 1 saturated carbocycles. The van der Waals surface area contributed by atoms with E-state index in [0.717, 1.165) is 98.6 Å². The lowest BCUT2D eigenvalue weighted by atomic mass is 9.81. The molecule has 40 heavy (non-hydrogen) atoms. The summed E-state index contributed by atoms with van der Waals surface area (Å²) in [7, 11) is 0. The number of imidazole rings is 1. The second-order valence-electron chi connectivity index (χ2n) is 11.4. The zero-order valence-corrected chi connectivity index (χ0v) is 24.3. The molecular weight excluding hydrogens is 524 g/mol. The van der Waals surface area contributed by atoms with Gasteiger partial charge in [-0.15, -0.1) is 0 Å². The quantitative estimate of drug-likeness (QED) is 0.113. The van der Waals surface area contributed by atoms with Crippen molar-refractivity contribution in [3.05, 3.63) is 30.1 Å². The Kier molecular flexibility index (Phi) is 9.27. The molecule has 1 aliphatic heterocycles. The first-order valence-electron chi connectivity index (χ1n) is 14.8. The number of rotatable bonds is 12. The van der Waals surface area contributed by atoms with Crippen LogP contribution in [0.4, 0.5) is 5.82 Å². The lowest BCUT2D eigenvalue weighted by Gasteiger charge is -2.33. The maximum atomic E-state index is 12.2. The lowest BCUT2D eigenvalue weighted by Crippen LogP contribution is -2.41. The van der Waals surface area contributed by atoms with E-state index in [0.29, 0.717) is 18.3 Å². The van der Waals surface area contributed by atoms with Crippen LogP contribution in [-0.2, 0) is 22.6 Å². The van der Waals surface area contributed by atoms with E-state index in [2.05, 4.69) is 40.5 Å². The van der Waals surface area contributed by atoms with E-state index in [1.54, 1.807) is 0 Å². The third kappa shape index (κ3) is 6.14. The van der Waals surface area contributed by atoms with Crippen molar-refractivity contribution in [3.8, 4) is 0 Å². The predicted octanol–water partition coefficient (Wildman–Crippen LogP) is 4.06. The van der Waals surface area contributed by atoms with Gasteiger partial charge in [-0.05, 0) is 69.4 Å². The van der Waals surface area contributed by atoms with Gasteiger partial charge in [-0.25, -0.2) is 9.97 Å². The average Bonchev–Trinajstić information content (AvgIpc) is 3.44. The number of aryl methyl sites for hydroxylation is 2. The highest BCUT2D eigenvalue weighted by Gasteiger charge is 2.38. The van der Waals surface area contributed by atoms with Crippen molar-refractivity contribution in [3.63, 3.8) is 0 Å². The van der Waals surface area contributed by atoms with Gasteiger partial charge in [-0.1, -0.05) is 31.5 Å². The fraction of sp³-hybridized carbons (Fsp3) is 0.600. The highest BCUT2D eigenvalue weighted by atomic mass is 32.1. The van der Waals surface area contributed by atoms with E-state index in [-0.39, 0.29) is 24.2 Å². The Morgan fingerprint density at radius 2 is 1.90 bits per heavy atom. The summed E-state index contributed by atoms with van der Waals surface area (Å²) in [5.41, 5.74) is 9.07. The van der Waals surface area contributed by atoms with Gasteiger partial charge in [0.15, 0.2) is 5.82 Å². The van der Waals surface area contributed by atoms with Crippen LogP contribution in [0.15, 0.2) is 24.3 Å². The molecule has 2 aliphatic rings. The molecule has 0 radical (unpaired) electrons. The predicted molar refractivity (Wildman–Crippen MR) is 161 cm³/mol. The third-order valence-electron chi connectivity index (χ3n) is 8.60. The van der Waals surface area contributed by atoms with Crippen molar-refractivity contribution < 1.29 is 14.7 Å². The molecule has 4 N–H and O–H groups in total. The van der Waals surface area contributed by atoms with Gasteiger partial charge >= 0.3 is 0 Å². The van der Waals surface area contributed by atoms with Gasteiger partial charge in [0.2, 0.25) is 11.8 Å². The van der Waals surface area contributed by atoms with Crippen molar-refractivity contribution >= 4 is 52.2 Å². The minimum atomic E-state index is -0.540. The molecule has 2 atom stereocenters. The van der Waals surface area contributed by atoms with Crippen LogP contribution in [0, 0.1) is 11.8 Å². The van der Waals surface area contributed by atoms with E-state index in [1.165, 1.54) is 4.90 Å². The zero-order chi connectivity index (χ0) is 28.2. The molecule has 1 aromatic carbocycles. The molecular formula is C30H42N6O3S. The van der Waals surface area contributed by atoms with Gasteiger partial charge in [-0.2, -0.15) is 12.6 Å². The van der Waals surface area contributed by atoms with Crippen molar-refractivity contribution in [2.24, 2.45) is 11.8 Å². The van der Waals surface area contributed by atoms with Crippen LogP contribution in [0.1, 0.15) is 70.5 Å². The summed E-state index contributed by atoms with van der Waals surface area (Å²) < 4.78 is 2.33. The lowest BCUT2D eigenvalue weighted by molar-refractivity contribution is -0.139. The minimum Gasteiger partial charge on any atom is -0.382 e. The maximum absolute atomic E-state index is 12.2. The number of imide groups is 1. The average molecular weight is 567 g/mol. The Morgan fingerprint density at radius 3 is 2.62 bits per heavy atom. The summed E-state index contributed by atoms with van der Waals surface area (Å²) in [4.78, 5) is 35.1. The number of likely N-dealkylation sites (tertiary alicyclic amines) is 1. The largest absolute Gasteiger partial charge is 0.382 e. The van der Waals surface area contributed by atoms with Gasteiger partial charge in [0, 0.05) is 31.3 Å². The fourth-order valence-electron chi connectivity index (χ4n) is 6.29. The van der Waals surface area contributed by atoms with Gasteiger partial charge < -0.3 is 15.4 Å². The van der Waals surface area contributed by atoms with Crippen LogP contribution in [0.2, 0.25) is 0 Å². The first kappa shape index (κ1) is 28.8. The molecule has 9 nitrogen and oxygen atoms in total. The van der Waals surface area contributed by atoms with Gasteiger partial charge in [0.1, 0.15) is 17.6 Å². The summed E-state index contributed by atoms with van der Waals surface area (Å²) in [6.45, 7) is 4.26. The fourth-order valence-corrected chi connectivity index (χ4v) is 6.58. The molecule has 1 saturated heterocycles. The van der Waals surface area contributed by atoms with Crippen LogP contribution in [0.3, 0.4) is 0 Å². The van der Waals surface area contributed by atoms with Crippen LogP contribution in [0.25, 0.3) is 21.9 Å². The first-order chi connectivity index (χ1) is 19.4. The van der Waals surface area contributed by atoms with E-state index in [9.17, 15) is 14.7 Å². The van der Waals surface area contributed by atoms with Crippen LogP contribution >= 0.6 is 12.6 Å². The number of hydrogen-bond donors (Lipinski definition) is 4. The number of benzene rings is 1. The summed E-state index contributed by atoms with van der Waals surface area (Å²) in [6.07, 6.45) is 8.26. The molecule has 5 rings (SSSR count). The zero-order valence-electron chi connectivity index (χ0n) is 23.4. The molecule has 216 valence electrons. The van der Waals surface area contributed by atoms with E-state index >= 15 is 0 Å². The minimum absolute atomic E-state index is 0.108. The monoisotopic (exact) mass is 566 g/mol. The van der Waals surface area contributed by atoms with E-state index < -0.39 is 11.5 Å². The number of amides is 2. The molecule has 3 heterocycles. The van der Waals surface area contributed by atoms with Gasteiger partial charge in [0.05, 0.1) is 16.3 Å². The van der Waals surface area contributed by atoms with Gasteiger partial charge in [-0.3, -0.25) is 19.8 Å². The Balaban J connectivity index is 1.12. The number of aliphatic hydroxyl groups is 1. The topological polar surface area (TPSA) is 126 Å². The molecule has 2 amide bonds. The number of nitrogen functional groups attached to an aromatic ring is 1. The third-order valence-corrected chi connectivity index (χ3v) is 9.01. The number of unbranched alkanes of at least 4 members (excludes halogenated alkanes) is 2. The van der Waals surface area contributed by atoms with Crippen LogP contribution in [-0.4, -0.2) is 60.9 Å². The number of thiol groups is 1. The van der Waals surface area contributed by atoms with Crippen molar-refractivity contribution in [1.29, 1.82) is 0 Å². The summed E-state index contributed by atoms with van der Waals surface area (Å²) in [5, 5.41) is 14.7. The van der Waals surface area contributed by atoms with Gasteiger partial charge in [0.25, 0.3) is 0 Å². The van der Waals surface area contributed by atoms with Crippen LogP contribution < -0.4 is 11.1 Å². The highest BCUT2D eigenvalue weighted by molar-refractivity contribution is 7.81. The molecule has 10 heteroatoms. The maximum Gasteiger partial charge on any atom is 0.242 e. The summed E-state index contributed by atoms with van der Waals surface area (Å²) >= 11 is 4.22. The molecule has 0 bridgehead atoms. The van der Waals surface area contributed by atoms with Crippen molar-refractivity contribution in [2.45, 2.75) is 89.2 Å². The summed E-state index contributed by atoms with van der Waals surface area (Å²) in [5.74, 6) is 1.78. The number of para-hydroxylation sites is 1. The second kappa shape index (κ2) is 12.9. The smallest absolute Gasteiger partial charge is 0.242 e. The van der Waals surface area contributed by atoms with E-state index in [1.807, 2.05) is 18.2 Å². The normalized spacial score (nSPS) is 22.6. The van der Waals surface area contributed by atoms with Crippen molar-refractivity contribution in [1.82, 2.24) is 24.8 Å². The van der Waals surface area contributed by atoms with Crippen LogP contribution in [0.5, 0.6) is 0 Å².